The second-order valence-corrected chi connectivity index (χ2v) is 14.4. The number of ether oxygens (including phenoxy) is 1. The zero-order chi connectivity index (χ0) is 21.4. The first-order valence-electron chi connectivity index (χ1n) is 10.6. The monoisotopic (exact) mass is 421 g/mol. The van der Waals surface area contributed by atoms with Gasteiger partial charge in [-0.05, 0) is 66.4 Å². The standard InChI is InChI=1S/C25H31NO3Si/c1-25(2,3)30(4,5)29-23(24-26-13-14-27-24)20-15-18-11-12-22(17-19(18)16-20)28-21-9-7-6-8-10-21/h6-14,17,20,23H,15-16H2,1-5H3. The van der Waals surface area contributed by atoms with Crippen molar-refractivity contribution in [2.75, 3.05) is 0 Å². The number of benzene rings is 2. The van der Waals surface area contributed by atoms with Crippen LogP contribution in [0.3, 0.4) is 0 Å². The maximum Gasteiger partial charge on any atom is 0.222 e. The highest BCUT2D eigenvalue weighted by atomic mass is 28.4. The molecule has 0 aliphatic heterocycles. The Kier molecular flexibility index (Phi) is 5.60. The Morgan fingerprint density at radius 1 is 1.00 bits per heavy atom. The summed E-state index contributed by atoms with van der Waals surface area (Å²) in [4.78, 5) is 4.47. The largest absolute Gasteiger partial charge is 0.457 e. The number of rotatable bonds is 6. The second kappa shape index (κ2) is 8.04. The molecule has 0 bridgehead atoms. The maximum atomic E-state index is 6.84. The van der Waals surface area contributed by atoms with Crippen LogP contribution in [0.1, 0.15) is 43.9 Å². The highest BCUT2D eigenvalue weighted by molar-refractivity contribution is 6.74. The molecule has 1 aromatic heterocycles. The first-order valence-corrected chi connectivity index (χ1v) is 13.6. The molecule has 0 radical (unpaired) electrons. The molecule has 4 rings (SSSR count). The van der Waals surface area contributed by atoms with Crippen molar-refractivity contribution < 1.29 is 13.6 Å². The van der Waals surface area contributed by atoms with Crippen molar-refractivity contribution in [1.82, 2.24) is 4.98 Å². The predicted molar refractivity (Wildman–Crippen MR) is 121 cm³/mol. The van der Waals surface area contributed by atoms with Crippen molar-refractivity contribution in [2.24, 2.45) is 5.92 Å². The number of hydrogen-bond donors (Lipinski definition) is 0. The average molecular weight is 422 g/mol. The van der Waals surface area contributed by atoms with Crippen molar-refractivity contribution >= 4 is 8.32 Å². The molecule has 0 spiro atoms. The van der Waals surface area contributed by atoms with Gasteiger partial charge >= 0.3 is 0 Å². The Bertz CT molecular complexity index is 977. The Morgan fingerprint density at radius 3 is 2.40 bits per heavy atom. The normalized spacial score (nSPS) is 17.6. The molecule has 2 aromatic carbocycles. The molecule has 0 fully saturated rings. The summed E-state index contributed by atoms with van der Waals surface area (Å²) in [7, 11) is -1.98. The molecule has 0 amide bonds. The topological polar surface area (TPSA) is 44.5 Å². The van der Waals surface area contributed by atoms with E-state index in [4.69, 9.17) is 13.6 Å². The lowest BCUT2D eigenvalue weighted by Gasteiger charge is -2.40. The molecule has 0 saturated heterocycles. The minimum absolute atomic E-state index is 0.125. The van der Waals surface area contributed by atoms with Crippen LogP contribution >= 0.6 is 0 Å². The zero-order valence-electron chi connectivity index (χ0n) is 18.5. The summed E-state index contributed by atoms with van der Waals surface area (Å²) in [5.41, 5.74) is 2.68. The minimum atomic E-state index is -1.98. The fourth-order valence-corrected chi connectivity index (χ4v) is 5.03. The third-order valence-electron chi connectivity index (χ3n) is 6.47. The third kappa shape index (κ3) is 4.37. The van der Waals surface area contributed by atoms with E-state index in [-0.39, 0.29) is 11.1 Å². The van der Waals surface area contributed by atoms with E-state index in [1.54, 1.807) is 12.5 Å². The van der Waals surface area contributed by atoms with E-state index in [1.807, 2.05) is 30.3 Å². The summed E-state index contributed by atoms with van der Waals surface area (Å²) in [6.45, 7) is 11.4. The lowest BCUT2D eigenvalue weighted by molar-refractivity contribution is 0.0944. The van der Waals surface area contributed by atoms with Gasteiger partial charge in [-0.2, -0.15) is 0 Å². The van der Waals surface area contributed by atoms with Crippen LogP contribution in [0.2, 0.25) is 18.1 Å². The van der Waals surface area contributed by atoms with E-state index in [2.05, 4.69) is 57.0 Å². The van der Waals surface area contributed by atoms with E-state index >= 15 is 0 Å². The Hall–Kier alpha value is -2.37. The number of oxazole rings is 1. The van der Waals surface area contributed by atoms with E-state index in [0.29, 0.717) is 11.8 Å². The second-order valence-electron chi connectivity index (χ2n) is 9.68. The fourth-order valence-electron chi connectivity index (χ4n) is 3.75. The van der Waals surface area contributed by atoms with Gasteiger partial charge in [0.25, 0.3) is 0 Å². The summed E-state index contributed by atoms with van der Waals surface area (Å²) < 4.78 is 18.6. The Morgan fingerprint density at radius 2 is 1.73 bits per heavy atom. The Labute approximate surface area is 180 Å². The van der Waals surface area contributed by atoms with Crippen LogP contribution in [-0.4, -0.2) is 13.3 Å². The van der Waals surface area contributed by atoms with Gasteiger partial charge in [-0.25, -0.2) is 4.98 Å². The molecule has 2 atom stereocenters. The molecule has 1 heterocycles. The average Bonchev–Trinajstić information content (AvgIpc) is 3.35. The fraction of sp³-hybridized carbons (Fsp3) is 0.400. The predicted octanol–water partition coefficient (Wildman–Crippen LogP) is 6.94. The van der Waals surface area contributed by atoms with Gasteiger partial charge in [0.1, 0.15) is 23.9 Å². The molecule has 5 heteroatoms. The van der Waals surface area contributed by atoms with Crippen molar-refractivity contribution in [3.8, 4) is 11.5 Å². The van der Waals surface area contributed by atoms with Crippen LogP contribution in [0.15, 0.2) is 65.4 Å². The van der Waals surface area contributed by atoms with Gasteiger partial charge in [0.2, 0.25) is 5.89 Å². The molecule has 30 heavy (non-hydrogen) atoms. The molecule has 1 aliphatic carbocycles. The summed E-state index contributed by atoms with van der Waals surface area (Å²) in [6, 6.07) is 16.3. The van der Waals surface area contributed by atoms with Crippen LogP contribution < -0.4 is 4.74 Å². The number of aromatic nitrogens is 1. The molecular weight excluding hydrogens is 390 g/mol. The van der Waals surface area contributed by atoms with E-state index < -0.39 is 8.32 Å². The molecule has 2 unspecified atom stereocenters. The summed E-state index contributed by atoms with van der Waals surface area (Å²) in [6.07, 6.45) is 5.12. The molecule has 4 nitrogen and oxygen atoms in total. The van der Waals surface area contributed by atoms with Gasteiger partial charge in [-0.1, -0.05) is 45.0 Å². The van der Waals surface area contributed by atoms with Crippen molar-refractivity contribution in [3.63, 3.8) is 0 Å². The lowest BCUT2D eigenvalue weighted by Crippen LogP contribution is -2.43. The van der Waals surface area contributed by atoms with Gasteiger partial charge in [0.05, 0.1) is 6.20 Å². The smallest absolute Gasteiger partial charge is 0.222 e. The van der Waals surface area contributed by atoms with Crippen LogP contribution in [0, 0.1) is 5.92 Å². The van der Waals surface area contributed by atoms with E-state index in [0.717, 1.165) is 24.3 Å². The SMILES string of the molecule is CC(C)(C)[Si](C)(C)OC(c1ncco1)C1Cc2ccc(Oc3ccccc3)cc2C1. The van der Waals surface area contributed by atoms with Crippen molar-refractivity contribution in [1.29, 1.82) is 0 Å². The first-order chi connectivity index (χ1) is 14.2. The molecular formula is C25H31NO3Si. The number of fused-ring (bicyclic) bond motifs is 1. The van der Waals surface area contributed by atoms with Gasteiger partial charge in [-0.3, -0.25) is 0 Å². The molecule has 0 saturated carbocycles. The summed E-state index contributed by atoms with van der Waals surface area (Å²) >= 11 is 0. The van der Waals surface area contributed by atoms with Gasteiger partial charge in [-0.15, -0.1) is 0 Å². The number of para-hydroxylation sites is 1. The molecule has 1 aliphatic rings. The minimum Gasteiger partial charge on any atom is -0.457 e. The van der Waals surface area contributed by atoms with Crippen LogP contribution in [0.4, 0.5) is 0 Å². The van der Waals surface area contributed by atoms with Crippen LogP contribution in [0.25, 0.3) is 0 Å². The number of nitrogens with zero attached hydrogens (tertiary/aromatic N) is 1. The Balaban J connectivity index is 1.55. The van der Waals surface area contributed by atoms with Gasteiger partial charge < -0.3 is 13.6 Å². The highest BCUT2D eigenvalue weighted by Crippen LogP contribution is 2.45. The maximum absolute atomic E-state index is 6.84. The zero-order valence-corrected chi connectivity index (χ0v) is 19.5. The summed E-state index contributed by atoms with van der Waals surface area (Å²) in [5, 5.41) is 0.125. The third-order valence-corrected chi connectivity index (χ3v) is 10.9. The summed E-state index contributed by atoms with van der Waals surface area (Å²) in [5.74, 6) is 2.72. The van der Waals surface area contributed by atoms with Crippen molar-refractivity contribution in [2.45, 2.75) is 57.8 Å². The van der Waals surface area contributed by atoms with E-state index in [9.17, 15) is 0 Å². The van der Waals surface area contributed by atoms with Crippen LogP contribution in [0.5, 0.6) is 11.5 Å². The molecule has 158 valence electrons. The lowest BCUT2D eigenvalue weighted by atomic mass is 9.99. The van der Waals surface area contributed by atoms with E-state index in [1.165, 1.54) is 11.1 Å². The first kappa shape index (κ1) is 20.9. The van der Waals surface area contributed by atoms with Gasteiger partial charge in [0, 0.05) is 5.92 Å². The highest BCUT2D eigenvalue weighted by Gasteiger charge is 2.43. The van der Waals surface area contributed by atoms with Crippen LogP contribution in [-0.2, 0) is 17.3 Å². The number of hydrogen-bond acceptors (Lipinski definition) is 4. The molecule has 0 N–H and O–H groups in total. The quantitative estimate of drug-likeness (QED) is 0.404. The van der Waals surface area contributed by atoms with Crippen molar-refractivity contribution in [3.05, 3.63) is 78.0 Å². The molecule has 3 aromatic rings. The van der Waals surface area contributed by atoms with Gasteiger partial charge in [0.15, 0.2) is 8.32 Å².